The van der Waals surface area contributed by atoms with E-state index in [1.807, 2.05) is 4.90 Å². The summed E-state index contributed by atoms with van der Waals surface area (Å²) in [5.74, 6) is 0.822. The van der Waals surface area contributed by atoms with Crippen LogP contribution in [0.25, 0.3) is 0 Å². The van der Waals surface area contributed by atoms with Gasteiger partial charge in [0.15, 0.2) is 0 Å². The molecular formula is C18H34ClN3O2. The second-order valence-corrected chi connectivity index (χ2v) is 7.20. The summed E-state index contributed by atoms with van der Waals surface area (Å²) in [6.45, 7) is 8.80. The van der Waals surface area contributed by atoms with Gasteiger partial charge < -0.3 is 15.5 Å². The molecule has 2 rings (SSSR count). The summed E-state index contributed by atoms with van der Waals surface area (Å²) in [5, 5.41) is 6.61. The second kappa shape index (κ2) is 10.2. The monoisotopic (exact) mass is 359 g/mol. The number of carbonyl (C=O) groups is 2. The summed E-state index contributed by atoms with van der Waals surface area (Å²) in [5.41, 5.74) is 0. The number of nitrogens with one attached hydrogen (secondary N) is 2. The third-order valence-electron chi connectivity index (χ3n) is 5.48. The molecule has 6 heteroatoms. The quantitative estimate of drug-likeness (QED) is 0.792. The maximum absolute atomic E-state index is 12.4. The van der Waals surface area contributed by atoms with E-state index in [-0.39, 0.29) is 36.2 Å². The molecule has 0 aromatic heterocycles. The van der Waals surface area contributed by atoms with Crippen LogP contribution >= 0.6 is 12.4 Å². The molecule has 2 N–H and O–H groups in total. The minimum atomic E-state index is 0. The van der Waals surface area contributed by atoms with Gasteiger partial charge in [-0.25, -0.2) is 0 Å². The Labute approximate surface area is 152 Å². The van der Waals surface area contributed by atoms with Crippen LogP contribution < -0.4 is 10.6 Å². The zero-order chi connectivity index (χ0) is 16.8. The van der Waals surface area contributed by atoms with Crippen LogP contribution in [0.3, 0.4) is 0 Å². The lowest BCUT2D eigenvalue weighted by molar-refractivity contribution is -0.137. The van der Waals surface area contributed by atoms with E-state index in [1.54, 1.807) is 0 Å². The Hall–Kier alpha value is -0.810. The fourth-order valence-corrected chi connectivity index (χ4v) is 3.83. The molecule has 0 saturated carbocycles. The van der Waals surface area contributed by atoms with E-state index >= 15 is 0 Å². The molecule has 2 amide bonds. The highest BCUT2D eigenvalue weighted by Gasteiger charge is 2.30. The zero-order valence-electron chi connectivity index (χ0n) is 15.3. The van der Waals surface area contributed by atoms with Crippen molar-refractivity contribution in [3.63, 3.8) is 0 Å². The Morgan fingerprint density at radius 1 is 1.17 bits per heavy atom. The van der Waals surface area contributed by atoms with Gasteiger partial charge in [-0.15, -0.1) is 12.4 Å². The first-order valence-corrected chi connectivity index (χ1v) is 9.37. The number of hydrogen-bond donors (Lipinski definition) is 2. The molecule has 2 atom stereocenters. The molecule has 2 heterocycles. The number of rotatable bonds is 5. The molecule has 0 aliphatic carbocycles. The van der Waals surface area contributed by atoms with Crippen LogP contribution in [0.4, 0.5) is 0 Å². The maximum Gasteiger partial charge on any atom is 0.225 e. The average molecular weight is 360 g/mol. The molecule has 2 aliphatic heterocycles. The largest absolute Gasteiger partial charge is 0.353 e. The average Bonchev–Trinajstić information content (AvgIpc) is 2.56. The lowest BCUT2D eigenvalue weighted by Gasteiger charge is -2.35. The van der Waals surface area contributed by atoms with Crippen LogP contribution in [0, 0.1) is 11.8 Å². The van der Waals surface area contributed by atoms with Gasteiger partial charge in [0.1, 0.15) is 0 Å². The Bertz CT molecular complexity index is 407. The lowest BCUT2D eigenvalue weighted by Crippen LogP contribution is -2.50. The van der Waals surface area contributed by atoms with Gasteiger partial charge in [0.25, 0.3) is 0 Å². The first kappa shape index (κ1) is 21.2. The number of nitrogens with zero attached hydrogens (tertiary/aromatic N) is 1. The van der Waals surface area contributed by atoms with Crippen LogP contribution in [0.2, 0.25) is 0 Å². The number of piperidine rings is 2. The molecule has 0 bridgehead atoms. The van der Waals surface area contributed by atoms with E-state index in [9.17, 15) is 9.59 Å². The molecule has 0 spiro atoms. The Morgan fingerprint density at radius 3 is 2.33 bits per heavy atom. The third kappa shape index (κ3) is 5.62. The van der Waals surface area contributed by atoms with Crippen LogP contribution in [0.5, 0.6) is 0 Å². The number of amides is 2. The predicted octanol–water partition coefficient (Wildman–Crippen LogP) is 2.34. The fourth-order valence-electron chi connectivity index (χ4n) is 3.83. The molecule has 0 aromatic rings. The normalized spacial score (nSPS) is 25.2. The van der Waals surface area contributed by atoms with E-state index in [4.69, 9.17) is 0 Å². The second-order valence-electron chi connectivity index (χ2n) is 7.20. The van der Waals surface area contributed by atoms with Gasteiger partial charge in [-0.05, 0) is 52.0 Å². The van der Waals surface area contributed by atoms with Crippen molar-refractivity contribution < 1.29 is 9.59 Å². The Kier molecular flexibility index (Phi) is 9.06. The molecule has 2 saturated heterocycles. The molecule has 140 valence electrons. The lowest BCUT2D eigenvalue weighted by atomic mass is 9.91. The molecule has 2 fully saturated rings. The molecular weight excluding hydrogens is 326 g/mol. The topological polar surface area (TPSA) is 61.4 Å². The Balaban J connectivity index is 0.00000288. The molecule has 5 nitrogen and oxygen atoms in total. The van der Waals surface area contributed by atoms with Gasteiger partial charge in [-0.3, -0.25) is 9.59 Å². The number of carbonyl (C=O) groups excluding carboxylic acids is 2. The first-order valence-electron chi connectivity index (χ1n) is 9.37. The summed E-state index contributed by atoms with van der Waals surface area (Å²) in [6, 6.07) is 0.664. The SMILES string of the molecule is CCC(CC)C(=O)N1CCC(NC(=O)[C@H]2CCN[C@@H](C)C2)CC1.Cl. The van der Waals surface area contributed by atoms with Crippen molar-refractivity contribution in [1.82, 2.24) is 15.5 Å². The fraction of sp³-hybridized carbons (Fsp3) is 0.889. The molecule has 0 unspecified atom stereocenters. The van der Waals surface area contributed by atoms with E-state index < -0.39 is 0 Å². The molecule has 24 heavy (non-hydrogen) atoms. The van der Waals surface area contributed by atoms with Gasteiger partial charge in [-0.1, -0.05) is 13.8 Å². The molecule has 2 aliphatic rings. The zero-order valence-corrected chi connectivity index (χ0v) is 16.2. The van der Waals surface area contributed by atoms with Crippen molar-refractivity contribution in [3.05, 3.63) is 0 Å². The standard InChI is InChI=1S/C18H33N3O2.ClH/c1-4-14(5-2)18(23)21-10-7-16(8-11-21)20-17(22)15-6-9-19-13(3)12-15;/h13-16,19H,4-12H2,1-3H3,(H,20,22);1H/t13-,15-;/m0./s1. The van der Waals surface area contributed by atoms with Crippen molar-refractivity contribution in [2.24, 2.45) is 11.8 Å². The van der Waals surface area contributed by atoms with E-state index in [0.717, 1.165) is 58.2 Å². The number of likely N-dealkylation sites (tertiary alicyclic amines) is 1. The van der Waals surface area contributed by atoms with Crippen LogP contribution in [-0.2, 0) is 9.59 Å². The maximum atomic E-state index is 12.4. The highest BCUT2D eigenvalue weighted by molar-refractivity contribution is 5.85. The molecule has 0 aromatic carbocycles. The van der Waals surface area contributed by atoms with Crippen molar-refractivity contribution in [3.8, 4) is 0 Å². The van der Waals surface area contributed by atoms with Crippen molar-refractivity contribution >= 4 is 24.2 Å². The van der Waals surface area contributed by atoms with Crippen LogP contribution in [0.15, 0.2) is 0 Å². The van der Waals surface area contributed by atoms with Gasteiger partial charge in [0.05, 0.1) is 0 Å². The smallest absolute Gasteiger partial charge is 0.225 e. The minimum Gasteiger partial charge on any atom is -0.353 e. The van der Waals surface area contributed by atoms with Gasteiger partial charge in [0.2, 0.25) is 11.8 Å². The summed E-state index contributed by atoms with van der Waals surface area (Å²) in [4.78, 5) is 26.8. The summed E-state index contributed by atoms with van der Waals surface area (Å²) < 4.78 is 0. The van der Waals surface area contributed by atoms with Gasteiger partial charge in [0, 0.05) is 37.0 Å². The molecule has 0 radical (unpaired) electrons. The van der Waals surface area contributed by atoms with Gasteiger partial charge >= 0.3 is 0 Å². The van der Waals surface area contributed by atoms with Gasteiger partial charge in [-0.2, -0.15) is 0 Å². The highest BCUT2D eigenvalue weighted by Crippen LogP contribution is 2.20. The van der Waals surface area contributed by atoms with E-state index in [1.165, 1.54) is 0 Å². The number of halogens is 1. The van der Waals surface area contributed by atoms with Crippen LogP contribution in [-0.4, -0.2) is 48.4 Å². The predicted molar refractivity (Wildman–Crippen MR) is 99.3 cm³/mol. The van der Waals surface area contributed by atoms with E-state index in [2.05, 4.69) is 31.4 Å². The highest BCUT2D eigenvalue weighted by atomic mass is 35.5. The minimum absolute atomic E-state index is 0. The number of hydrogen-bond acceptors (Lipinski definition) is 3. The van der Waals surface area contributed by atoms with Crippen LogP contribution in [0.1, 0.15) is 59.3 Å². The van der Waals surface area contributed by atoms with Crippen molar-refractivity contribution in [2.75, 3.05) is 19.6 Å². The first-order chi connectivity index (χ1) is 11.0. The van der Waals surface area contributed by atoms with E-state index in [0.29, 0.717) is 11.9 Å². The Morgan fingerprint density at radius 2 is 1.79 bits per heavy atom. The summed E-state index contributed by atoms with van der Waals surface area (Å²) in [7, 11) is 0. The van der Waals surface area contributed by atoms with Crippen molar-refractivity contribution in [1.29, 1.82) is 0 Å². The van der Waals surface area contributed by atoms with Crippen molar-refractivity contribution in [2.45, 2.75) is 71.4 Å². The summed E-state index contributed by atoms with van der Waals surface area (Å²) in [6.07, 6.45) is 5.47. The summed E-state index contributed by atoms with van der Waals surface area (Å²) >= 11 is 0. The third-order valence-corrected chi connectivity index (χ3v) is 5.48.